The lowest BCUT2D eigenvalue weighted by Gasteiger charge is -2.26. The lowest BCUT2D eigenvalue weighted by atomic mass is 10.1. The molecular weight excluding hydrogens is 337 g/mol. The van der Waals surface area contributed by atoms with E-state index in [1.165, 1.54) is 13.8 Å². The summed E-state index contributed by atoms with van der Waals surface area (Å²) < 4.78 is 38.5. The van der Waals surface area contributed by atoms with Crippen LogP contribution < -0.4 is 4.90 Å². The number of rotatable bonds is 6. The van der Waals surface area contributed by atoms with E-state index in [0.29, 0.717) is 0 Å². The summed E-state index contributed by atoms with van der Waals surface area (Å²) in [6.07, 6.45) is -6.09. The number of halogens is 3. The molecule has 1 unspecified atom stereocenters. The van der Waals surface area contributed by atoms with Crippen molar-refractivity contribution >= 4 is 17.1 Å². The summed E-state index contributed by atoms with van der Waals surface area (Å²) in [4.78, 5) is 23.5. The van der Waals surface area contributed by atoms with Gasteiger partial charge in [0.1, 0.15) is 6.17 Å². The fourth-order valence-electron chi connectivity index (χ4n) is 2.09. The van der Waals surface area contributed by atoms with Gasteiger partial charge in [-0.05, 0) is 19.4 Å². The molecule has 0 N–H and O–H groups in total. The molecule has 0 bridgehead atoms. The first-order valence-electron chi connectivity index (χ1n) is 6.39. The quantitative estimate of drug-likeness (QED) is 0.251. The predicted molar refractivity (Wildman–Crippen MR) is 76.4 cm³/mol. The summed E-state index contributed by atoms with van der Waals surface area (Å²) in [6, 6.07) is 0.432. The molecule has 24 heavy (non-hydrogen) atoms. The Morgan fingerprint density at radius 2 is 1.75 bits per heavy atom. The van der Waals surface area contributed by atoms with Crippen molar-refractivity contribution in [2.45, 2.75) is 26.2 Å². The summed E-state index contributed by atoms with van der Waals surface area (Å²) in [7, 11) is 0. The SMILES string of the molecule is CCN(c1c([N+](=O)[O-])cc(C(F)(F)F)cc1[N+](=O)[O-])C(C)N=[N+]=[N-]. The van der Waals surface area contributed by atoms with Gasteiger partial charge in [-0.1, -0.05) is 5.11 Å². The first kappa shape index (κ1) is 19.0. The van der Waals surface area contributed by atoms with Gasteiger partial charge in [0.2, 0.25) is 0 Å². The van der Waals surface area contributed by atoms with Crippen LogP contribution in [-0.2, 0) is 6.18 Å². The molecule has 0 amide bonds. The van der Waals surface area contributed by atoms with Gasteiger partial charge in [0.25, 0.3) is 11.4 Å². The van der Waals surface area contributed by atoms with Crippen LogP contribution in [0.25, 0.3) is 10.4 Å². The average Bonchev–Trinajstić information content (AvgIpc) is 2.46. The highest BCUT2D eigenvalue weighted by Gasteiger charge is 2.39. The van der Waals surface area contributed by atoms with Gasteiger partial charge >= 0.3 is 6.18 Å². The second kappa shape index (κ2) is 7.00. The third kappa shape index (κ3) is 3.81. The summed E-state index contributed by atoms with van der Waals surface area (Å²) in [5.41, 5.74) is 4.08. The molecule has 0 aliphatic rings. The molecule has 0 spiro atoms. The van der Waals surface area contributed by atoms with Gasteiger partial charge in [0.05, 0.1) is 15.4 Å². The molecule has 0 heterocycles. The topological polar surface area (TPSA) is 138 Å². The Kier molecular flexibility index (Phi) is 5.53. The van der Waals surface area contributed by atoms with Gasteiger partial charge < -0.3 is 4.90 Å². The molecule has 0 fully saturated rings. The fraction of sp³-hybridized carbons (Fsp3) is 0.455. The third-order valence-electron chi connectivity index (χ3n) is 3.09. The lowest BCUT2D eigenvalue weighted by Crippen LogP contribution is -2.32. The summed E-state index contributed by atoms with van der Waals surface area (Å²) in [5.74, 6) is 0. The number of hydrogen-bond donors (Lipinski definition) is 0. The Morgan fingerprint density at radius 1 is 1.29 bits per heavy atom. The molecular formula is C11H11F3N6O4. The van der Waals surface area contributed by atoms with E-state index in [0.717, 1.165) is 4.90 Å². The third-order valence-corrected chi connectivity index (χ3v) is 3.09. The molecule has 1 atom stereocenters. The molecule has 0 aromatic heterocycles. The number of nitrogens with zero attached hydrogens (tertiary/aromatic N) is 6. The van der Waals surface area contributed by atoms with Crippen LogP contribution in [0.3, 0.4) is 0 Å². The van der Waals surface area contributed by atoms with Gasteiger partial charge in [-0.2, -0.15) is 13.2 Å². The molecule has 1 aromatic rings. The van der Waals surface area contributed by atoms with Crippen molar-refractivity contribution in [1.29, 1.82) is 0 Å². The standard InChI is InChI=1S/C11H11F3N6O4/c1-3-18(6(2)16-17-15)10-8(19(21)22)4-7(11(12,13)14)5-9(10)20(23)24/h4-6H,3H2,1-2H3. The van der Waals surface area contributed by atoms with Crippen LogP contribution in [-0.4, -0.2) is 22.6 Å². The Balaban J connectivity index is 3.82. The average molecular weight is 348 g/mol. The number of nitro groups is 2. The van der Waals surface area contributed by atoms with Crippen LogP contribution in [0, 0.1) is 20.2 Å². The molecule has 0 aliphatic heterocycles. The van der Waals surface area contributed by atoms with Crippen LogP contribution >= 0.6 is 0 Å². The van der Waals surface area contributed by atoms with E-state index in [2.05, 4.69) is 10.0 Å². The molecule has 1 rings (SSSR count). The maximum atomic E-state index is 12.8. The van der Waals surface area contributed by atoms with Gasteiger partial charge in [0.15, 0.2) is 5.69 Å². The smallest absolute Gasteiger partial charge is 0.352 e. The van der Waals surface area contributed by atoms with E-state index in [1.54, 1.807) is 0 Å². The number of benzene rings is 1. The molecule has 13 heteroatoms. The van der Waals surface area contributed by atoms with Crippen molar-refractivity contribution in [3.05, 3.63) is 48.4 Å². The summed E-state index contributed by atoms with van der Waals surface area (Å²) >= 11 is 0. The Morgan fingerprint density at radius 3 is 2.04 bits per heavy atom. The first-order valence-corrected chi connectivity index (χ1v) is 6.39. The monoisotopic (exact) mass is 348 g/mol. The fourth-order valence-corrected chi connectivity index (χ4v) is 2.09. The van der Waals surface area contributed by atoms with Crippen LogP contribution in [0.5, 0.6) is 0 Å². The second-order valence-corrected chi connectivity index (χ2v) is 4.50. The first-order chi connectivity index (χ1) is 11.0. The highest BCUT2D eigenvalue weighted by molar-refractivity contribution is 5.76. The zero-order valence-corrected chi connectivity index (χ0v) is 12.4. The van der Waals surface area contributed by atoms with Crippen LogP contribution in [0.15, 0.2) is 17.2 Å². The largest absolute Gasteiger partial charge is 0.416 e. The summed E-state index contributed by atoms with van der Waals surface area (Å²) in [5, 5.41) is 25.6. The van der Waals surface area contributed by atoms with Crippen molar-refractivity contribution < 1.29 is 23.0 Å². The predicted octanol–water partition coefficient (Wildman–Crippen LogP) is 4.00. The van der Waals surface area contributed by atoms with Crippen LogP contribution in [0.4, 0.5) is 30.2 Å². The van der Waals surface area contributed by atoms with Crippen molar-refractivity contribution in [3.8, 4) is 0 Å². The zero-order valence-electron chi connectivity index (χ0n) is 12.4. The molecule has 0 saturated carbocycles. The van der Waals surface area contributed by atoms with Gasteiger partial charge in [0, 0.05) is 23.6 Å². The van der Waals surface area contributed by atoms with Gasteiger partial charge in [-0.25, -0.2) is 0 Å². The van der Waals surface area contributed by atoms with E-state index < -0.39 is 44.8 Å². The van der Waals surface area contributed by atoms with E-state index in [4.69, 9.17) is 5.53 Å². The lowest BCUT2D eigenvalue weighted by molar-refractivity contribution is -0.393. The highest BCUT2D eigenvalue weighted by Crippen LogP contribution is 2.43. The number of alkyl halides is 3. The van der Waals surface area contributed by atoms with Crippen molar-refractivity contribution in [2.75, 3.05) is 11.4 Å². The minimum absolute atomic E-state index is 0.0762. The zero-order chi connectivity index (χ0) is 18.7. The maximum absolute atomic E-state index is 12.8. The van der Waals surface area contributed by atoms with E-state index in [-0.39, 0.29) is 18.7 Å². The van der Waals surface area contributed by atoms with Crippen LogP contribution in [0.1, 0.15) is 19.4 Å². The van der Waals surface area contributed by atoms with Crippen molar-refractivity contribution in [2.24, 2.45) is 5.11 Å². The molecule has 1 aromatic carbocycles. The number of azide groups is 1. The Labute approximate surface area is 132 Å². The van der Waals surface area contributed by atoms with Gasteiger partial charge in [-0.3, -0.25) is 20.2 Å². The van der Waals surface area contributed by atoms with Crippen molar-refractivity contribution in [1.82, 2.24) is 0 Å². The maximum Gasteiger partial charge on any atom is 0.416 e. The number of hydrogen-bond acceptors (Lipinski definition) is 6. The molecule has 0 aliphatic carbocycles. The van der Waals surface area contributed by atoms with E-state index in [1.807, 2.05) is 0 Å². The highest BCUT2D eigenvalue weighted by atomic mass is 19.4. The minimum atomic E-state index is -5.00. The molecule has 130 valence electrons. The molecule has 0 radical (unpaired) electrons. The summed E-state index contributed by atoms with van der Waals surface area (Å²) in [6.45, 7) is 2.68. The Bertz CT molecular complexity index is 681. The molecule has 0 saturated heterocycles. The molecule has 10 nitrogen and oxygen atoms in total. The normalized spacial score (nSPS) is 12.2. The Hall–Kier alpha value is -3.08. The van der Waals surface area contributed by atoms with Crippen LogP contribution in [0.2, 0.25) is 0 Å². The number of nitro benzene ring substituents is 2. The van der Waals surface area contributed by atoms with E-state index >= 15 is 0 Å². The van der Waals surface area contributed by atoms with E-state index in [9.17, 15) is 33.4 Å². The second-order valence-electron chi connectivity index (χ2n) is 4.50. The minimum Gasteiger partial charge on any atom is -0.352 e. The van der Waals surface area contributed by atoms with Gasteiger partial charge in [-0.15, -0.1) is 0 Å². The van der Waals surface area contributed by atoms with Crippen molar-refractivity contribution in [3.63, 3.8) is 0 Å². The number of anilines is 1.